The molecule has 1 aliphatic rings. The van der Waals surface area contributed by atoms with Gasteiger partial charge in [0.1, 0.15) is 11.6 Å². The summed E-state index contributed by atoms with van der Waals surface area (Å²) in [5, 5.41) is 35.8. The summed E-state index contributed by atoms with van der Waals surface area (Å²) in [6, 6.07) is 29.5. The number of ketones is 2. The molecular formula is C45H37FO11. The second kappa shape index (κ2) is 20.3. The number of rotatable bonds is 11. The van der Waals surface area contributed by atoms with Crippen molar-refractivity contribution in [2.45, 2.75) is 25.7 Å². The van der Waals surface area contributed by atoms with E-state index in [0.717, 1.165) is 53.0 Å². The molecule has 6 rings (SSSR count). The number of methoxy groups -OCH3 is 1. The van der Waals surface area contributed by atoms with Crippen LogP contribution in [0.25, 0.3) is 28.5 Å². The van der Waals surface area contributed by atoms with Crippen molar-refractivity contribution in [3.8, 4) is 5.75 Å². The Bertz CT molecular complexity index is 2350. The second-order valence-corrected chi connectivity index (χ2v) is 12.4. The van der Waals surface area contributed by atoms with Crippen LogP contribution in [0.5, 0.6) is 5.75 Å². The molecule has 57 heavy (non-hydrogen) atoms. The summed E-state index contributed by atoms with van der Waals surface area (Å²) in [7, 11) is 1.59. The van der Waals surface area contributed by atoms with Gasteiger partial charge in [0.05, 0.1) is 19.1 Å². The standard InChI is InChI=1S/C18H11FO3.C15H16O4.C12H10O4/c19-16-10-4-7-11-12(16)8-3-9-13(11)17(20)14-5-1-2-6-15(14)18(21)22;1-19-11-7-5-10(6-8-11)12-3-2-4-14(16)13(12)9-15(17)18;13-11(14)7-5-9-1-2-10(4-3-9)6-8-12(15)16/h1-10H,(H,21,22);5-8H,2-4,9H2,1H3,(H,17,18);1-8H,(H,13,14)(H,15,16). The third-order valence-corrected chi connectivity index (χ3v) is 8.59. The van der Waals surface area contributed by atoms with Gasteiger partial charge in [-0.2, -0.15) is 0 Å². The van der Waals surface area contributed by atoms with Crippen molar-refractivity contribution in [2.75, 3.05) is 7.11 Å². The lowest BCUT2D eigenvalue weighted by atomic mass is 9.85. The van der Waals surface area contributed by atoms with Gasteiger partial charge >= 0.3 is 23.9 Å². The summed E-state index contributed by atoms with van der Waals surface area (Å²) in [4.78, 5) is 67.3. The van der Waals surface area contributed by atoms with Gasteiger partial charge in [-0.3, -0.25) is 14.4 Å². The SMILES string of the molecule is COc1ccc(C2=C(CC(=O)O)C(=O)CCC2)cc1.O=C(O)C=Cc1ccc(C=CC(=O)O)cc1.O=C(O)c1ccccc1C(=O)c1cccc2c(F)cccc12. The lowest BCUT2D eigenvalue weighted by Gasteiger charge is -2.19. The molecule has 0 atom stereocenters. The van der Waals surface area contributed by atoms with E-state index in [1.807, 2.05) is 24.3 Å². The van der Waals surface area contributed by atoms with Crippen molar-refractivity contribution >= 4 is 63.9 Å². The van der Waals surface area contributed by atoms with Crippen molar-refractivity contribution in [2.24, 2.45) is 0 Å². The van der Waals surface area contributed by atoms with E-state index in [1.165, 1.54) is 36.4 Å². The van der Waals surface area contributed by atoms with Gasteiger partial charge in [0.2, 0.25) is 0 Å². The maximum atomic E-state index is 13.8. The molecule has 0 saturated carbocycles. The van der Waals surface area contributed by atoms with Crippen molar-refractivity contribution in [1.82, 2.24) is 0 Å². The molecule has 4 N–H and O–H groups in total. The van der Waals surface area contributed by atoms with Crippen LogP contribution in [-0.4, -0.2) is 63.0 Å². The Morgan fingerprint density at radius 3 is 1.74 bits per heavy atom. The summed E-state index contributed by atoms with van der Waals surface area (Å²) in [6.07, 6.45) is 6.80. The van der Waals surface area contributed by atoms with Crippen LogP contribution in [0, 0.1) is 5.82 Å². The fourth-order valence-electron chi connectivity index (χ4n) is 5.90. The highest BCUT2D eigenvalue weighted by atomic mass is 19.1. The van der Waals surface area contributed by atoms with Crippen LogP contribution in [0.3, 0.4) is 0 Å². The number of benzene rings is 5. The molecule has 0 heterocycles. The highest BCUT2D eigenvalue weighted by molar-refractivity contribution is 6.19. The Labute approximate surface area is 326 Å². The maximum Gasteiger partial charge on any atom is 0.336 e. The van der Waals surface area contributed by atoms with Gasteiger partial charge in [0.25, 0.3) is 0 Å². The number of aliphatic carboxylic acids is 3. The van der Waals surface area contributed by atoms with Gasteiger partial charge in [-0.25, -0.2) is 18.8 Å². The Kier molecular flexibility index (Phi) is 15.0. The number of carbonyl (C=O) groups is 6. The molecule has 0 unspecified atom stereocenters. The Balaban J connectivity index is 0.000000192. The zero-order valence-corrected chi connectivity index (χ0v) is 30.6. The van der Waals surface area contributed by atoms with Gasteiger partial charge in [-0.05, 0) is 76.9 Å². The maximum absolute atomic E-state index is 13.8. The van der Waals surface area contributed by atoms with E-state index in [4.69, 9.17) is 20.1 Å². The zero-order valence-electron chi connectivity index (χ0n) is 30.6. The van der Waals surface area contributed by atoms with Crippen LogP contribution >= 0.6 is 0 Å². The molecular weight excluding hydrogens is 735 g/mol. The Morgan fingerprint density at radius 2 is 1.19 bits per heavy atom. The summed E-state index contributed by atoms with van der Waals surface area (Å²) < 4.78 is 18.9. The number of ether oxygens (including phenoxy) is 1. The van der Waals surface area contributed by atoms with Crippen LogP contribution in [0.4, 0.5) is 4.39 Å². The van der Waals surface area contributed by atoms with Crippen LogP contribution in [0.1, 0.15) is 68.7 Å². The van der Waals surface area contributed by atoms with E-state index < -0.39 is 35.5 Å². The lowest BCUT2D eigenvalue weighted by Crippen LogP contribution is -2.14. The topological polar surface area (TPSA) is 193 Å². The first kappa shape index (κ1) is 42.3. The Morgan fingerprint density at radius 1 is 0.649 bits per heavy atom. The first-order chi connectivity index (χ1) is 27.3. The van der Waals surface area contributed by atoms with Gasteiger partial charge < -0.3 is 25.2 Å². The number of carboxylic acids is 4. The average molecular weight is 773 g/mol. The highest BCUT2D eigenvalue weighted by Crippen LogP contribution is 2.33. The summed E-state index contributed by atoms with van der Waals surface area (Å²) in [5.41, 5.74) is 4.01. The first-order valence-corrected chi connectivity index (χ1v) is 17.4. The molecule has 0 amide bonds. The molecule has 0 spiro atoms. The van der Waals surface area contributed by atoms with Crippen LogP contribution < -0.4 is 4.74 Å². The Hall–Kier alpha value is -7.47. The van der Waals surface area contributed by atoms with E-state index in [1.54, 1.807) is 67.8 Å². The molecule has 12 heteroatoms. The molecule has 0 aromatic heterocycles. The predicted octanol–water partition coefficient (Wildman–Crippen LogP) is 8.47. The molecule has 5 aromatic carbocycles. The lowest BCUT2D eigenvalue weighted by molar-refractivity contribution is -0.137. The molecule has 1 aliphatic carbocycles. The third-order valence-electron chi connectivity index (χ3n) is 8.59. The molecule has 0 bridgehead atoms. The van der Waals surface area contributed by atoms with E-state index in [-0.39, 0.29) is 28.9 Å². The van der Waals surface area contributed by atoms with Gasteiger partial charge in [0.15, 0.2) is 11.6 Å². The average Bonchev–Trinajstić information content (AvgIpc) is 3.20. The smallest absolute Gasteiger partial charge is 0.336 e. The molecule has 5 aromatic rings. The molecule has 0 radical (unpaired) electrons. The predicted molar refractivity (Wildman–Crippen MR) is 212 cm³/mol. The molecule has 0 saturated heterocycles. The van der Waals surface area contributed by atoms with Gasteiger partial charge in [-0.1, -0.05) is 84.9 Å². The third kappa shape index (κ3) is 12.0. The van der Waals surface area contributed by atoms with Crippen LogP contribution in [0.2, 0.25) is 0 Å². The number of hydrogen-bond acceptors (Lipinski definition) is 7. The largest absolute Gasteiger partial charge is 0.497 e. The van der Waals surface area contributed by atoms with E-state index in [0.29, 0.717) is 22.8 Å². The van der Waals surface area contributed by atoms with E-state index in [9.17, 15) is 38.3 Å². The first-order valence-electron chi connectivity index (χ1n) is 17.4. The van der Waals surface area contributed by atoms with Gasteiger partial charge in [0, 0.05) is 40.7 Å². The molecule has 0 aliphatic heterocycles. The number of carbonyl (C=O) groups excluding carboxylic acids is 2. The number of allylic oxidation sites excluding steroid dienone is 1. The minimum atomic E-state index is -1.17. The number of halogens is 1. The quantitative estimate of drug-likeness (QED) is 0.0743. The fraction of sp³-hybridized carbons (Fsp3) is 0.111. The zero-order chi connectivity index (χ0) is 41.5. The van der Waals surface area contributed by atoms with Crippen LogP contribution in [0.15, 0.2) is 127 Å². The van der Waals surface area contributed by atoms with E-state index >= 15 is 0 Å². The summed E-state index contributed by atoms with van der Waals surface area (Å²) in [5.74, 6) is -4.30. The van der Waals surface area contributed by atoms with Crippen molar-refractivity contribution in [1.29, 1.82) is 0 Å². The second-order valence-electron chi connectivity index (χ2n) is 12.4. The number of aromatic carboxylic acids is 1. The molecule has 290 valence electrons. The van der Waals surface area contributed by atoms with E-state index in [2.05, 4.69) is 0 Å². The number of carboxylic acid groups (broad SMARTS) is 4. The number of hydrogen-bond donors (Lipinski definition) is 4. The molecule has 0 fully saturated rings. The van der Waals surface area contributed by atoms with Crippen LogP contribution in [-0.2, 0) is 19.2 Å². The fourth-order valence-corrected chi connectivity index (χ4v) is 5.90. The summed E-state index contributed by atoms with van der Waals surface area (Å²) >= 11 is 0. The van der Waals surface area contributed by atoms with Crippen molar-refractivity contribution in [3.63, 3.8) is 0 Å². The number of fused-ring (bicyclic) bond motifs is 1. The van der Waals surface area contributed by atoms with Crippen molar-refractivity contribution < 1.29 is 58.3 Å². The van der Waals surface area contributed by atoms with Gasteiger partial charge in [-0.15, -0.1) is 0 Å². The highest BCUT2D eigenvalue weighted by Gasteiger charge is 2.23. The minimum Gasteiger partial charge on any atom is -0.497 e. The minimum absolute atomic E-state index is 0.0422. The number of Topliss-reactive ketones (excluding diaryl/α,β-unsaturated/α-hetero) is 1. The monoisotopic (exact) mass is 772 g/mol. The molecule has 11 nitrogen and oxygen atoms in total. The summed E-state index contributed by atoms with van der Waals surface area (Å²) in [6.45, 7) is 0. The van der Waals surface area contributed by atoms with Crippen molar-refractivity contribution in [3.05, 3.63) is 166 Å². The normalized spacial score (nSPS) is 12.4.